The van der Waals surface area contributed by atoms with Gasteiger partial charge in [-0.05, 0) is 13.0 Å². The van der Waals surface area contributed by atoms with Crippen molar-refractivity contribution >= 4 is 35.2 Å². The predicted molar refractivity (Wildman–Crippen MR) is 90.4 cm³/mol. The van der Waals surface area contributed by atoms with Gasteiger partial charge in [-0.25, -0.2) is 0 Å². The van der Waals surface area contributed by atoms with E-state index >= 15 is 0 Å². The summed E-state index contributed by atoms with van der Waals surface area (Å²) in [5.74, 6) is 1.41. The topological polar surface area (TPSA) is 85.8 Å². The Morgan fingerprint density at radius 3 is 3.04 bits per heavy atom. The van der Waals surface area contributed by atoms with Crippen LogP contribution in [-0.2, 0) is 6.54 Å². The van der Waals surface area contributed by atoms with Crippen LogP contribution in [0.1, 0.15) is 16.1 Å². The number of thioether (sulfide) groups is 1. The third kappa shape index (κ3) is 2.47. The van der Waals surface area contributed by atoms with Crippen molar-refractivity contribution in [2.24, 2.45) is 0 Å². The number of benzene rings is 1. The van der Waals surface area contributed by atoms with Gasteiger partial charge in [0.1, 0.15) is 17.0 Å². The van der Waals surface area contributed by atoms with Crippen molar-refractivity contribution in [1.29, 1.82) is 0 Å². The molecule has 1 N–H and O–H groups in total. The normalized spacial score (nSPS) is 13.1. The standard InChI is InChI=1S/C15H12ClN5O2S/c1-8-11(12(20-23-8)9-4-2-3-5-10(9)16)13(22)17-14-18-19-15-21(14)6-7-24-15/h2-5H,6-7H2,1H3,(H,17,18,22). The van der Waals surface area contributed by atoms with Crippen LogP contribution in [0.5, 0.6) is 0 Å². The number of amides is 1. The van der Waals surface area contributed by atoms with Crippen LogP contribution in [0, 0.1) is 6.92 Å². The maximum Gasteiger partial charge on any atom is 0.263 e. The Labute approximate surface area is 146 Å². The lowest BCUT2D eigenvalue weighted by Gasteiger charge is -2.06. The fraction of sp³-hybridized carbons (Fsp3) is 0.200. The van der Waals surface area contributed by atoms with Gasteiger partial charge in [-0.1, -0.05) is 46.7 Å². The minimum atomic E-state index is -0.351. The van der Waals surface area contributed by atoms with Crippen LogP contribution < -0.4 is 5.32 Å². The van der Waals surface area contributed by atoms with E-state index in [1.807, 2.05) is 16.7 Å². The van der Waals surface area contributed by atoms with Gasteiger partial charge in [0.2, 0.25) is 5.95 Å². The number of carbonyl (C=O) groups excluding carboxylic acids is 1. The molecule has 0 aliphatic carbocycles. The summed E-state index contributed by atoms with van der Waals surface area (Å²) in [5.41, 5.74) is 1.39. The van der Waals surface area contributed by atoms with E-state index in [0.29, 0.717) is 33.6 Å². The molecule has 1 amide bonds. The van der Waals surface area contributed by atoms with E-state index in [0.717, 1.165) is 17.5 Å². The molecule has 0 atom stereocenters. The van der Waals surface area contributed by atoms with E-state index in [2.05, 4.69) is 20.7 Å². The molecule has 122 valence electrons. The molecule has 9 heteroatoms. The van der Waals surface area contributed by atoms with Gasteiger partial charge in [-0.15, -0.1) is 10.2 Å². The van der Waals surface area contributed by atoms with Crippen molar-refractivity contribution < 1.29 is 9.32 Å². The van der Waals surface area contributed by atoms with Crippen LogP contribution in [0.2, 0.25) is 5.02 Å². The lowest BCUT2D eigenvalue weighted by molar-refractivity contribution is 0.102. The molecule has 3 aromatic rings. The van der Waals surface area contributed by atoms with Crippen LogP contribution in [0.15, 0.2) is 33.9 Å². The summed E-state index contributed by atoms with van der Waals surface area (Å²) >= 11 is 7.83. The second-order valence-corrected chi connectivity index (χ2v) is 6.67. The van der Waals surface area contributed by atoms with E-state index < -0.39 is 0 Å². The van der Waals surface area contributed by atoms with E-state index in [-0.39, 0.29) is 5.91 Å². The zero-order chi connectivity index (χ0) is 16.7. The van der Waals surface area contributed by atoms with Crippen LogP contribution in [0.25, 0.3) is 11.3 Å². The molecule has 1 aliphatic rings. The van der Waals surface area contributed by atoms with E-state index in [1.54, 1.807) is 30.8 Å². The molecule has 2 aromatic heterocycles. The first-order chi connectivity index (χ1) is 11.6. The zero-order valence-corrected chi connectivity index (χ0v) is 14.2. The highest BCUT2D eigenvalue weighted by atomic mass is 35.5. The summed E-state index contributed by atoms with van der Waals surface area (Å²) in [5, 5.41) is 16.2. The number of rotatable bonds is 3. The summed E-state index contributed by atoms with van der Waals surface area (Å²) in [6.45, 7) is 2.45. The monoisotopic (exact) mass is 361 g/mol. The largest absolute Gasteiger partial charge is 0.360 e. The van der Waals surface area contributed by atoms with E-state index in [1.165, 1.54) is 0 Å². The van der Waals surface area contributed by atoms with Gasteiger partial charge in [0.15, 0.2) is 5.16 Å². The molecule has 0 fully saturated rings. The maximum atomic E-state index is 12.8. The fourth-order valence-corrected chi connectivity index (χ4v) is 3.67. The Hall–Kier alpha value is -2.32. The first-order valence-electron chi connectivity index (χ1n) is 7.23. The van der Waals surface area contributed by atoms with Gasteiger partial charge in [0.25, 0.3) is 5.91 Å². The smallest absolute Gasteiger partial charge is 0.263 e. The second-order valence-electron chi connectivity index (χ2n) is 5.20. The van der Waals surface area contributed by atoms with Gasteiger partial charge >= 0.3 is 0 Å². The molecule has 0 radical (unpaired) electrons. The minimum absolute atomic E-state index is 0.339. The third-order valence-corrected chi connectivity index (χ3v) is 4.98. The molecule has 3 heterocycles. The Kier molecular flexibility index (Phi) is 3.78. The number of aromatic nitrogens is 4. The molecule has 0 unspecified atom stereocenters. The van der Waals surface area contributed by atoms with Crippen molar-refractivity contribution in [2.45, 2.75) is 18.6 Å². The van der Waals surface area contributed by atoms with Crippen molar-refractivity contribution in [3.8, 4) is 11.3 Å². The van der Waals surface area contributed by atoms with E-state index in [4.69, 9.17) is 16.1 Å². The van der Waals surface area contributed by atoms with Crippen LogP contribution in [0.4, 0.5) is 5.95 Å². The number of fused-ring (bicyclic) bond motifs is 1. The van der Waals surface area contributed by atoms with Gasteiger partial charge < -0.3 is 4.52 Å². The summed E-state index contributed by atoms with van der Waals surface area (Å²) in [4.78, 5) is 12.8. The zero-order valence-electron chi connectivity index (χ0n) is 12.6. The number of hydrogen-bond donors (Lipinski definition) is 1. The highest BCUT2D eigenvalue weighted by molar-refractivity contribution is 7.99. The van der Waals surface area contributed by atoms with Crippen molar-refractivity contribution in [3.63, 3.8) is 0 Å². The molecule has 0 saturated heterocycles. The molecule has 7 nitrogen and oxygen atoms in total. The first-order valence-corrected chi connectivity index (χ1v) is 8.60. The quantitative estimate of drug-likeness (QED) is 0.770. The third-order valence-electron chi connectivity index (χ3n) is 3.71. The Balaban J connectivity index is 1.70. The molecule has 0 bridgehead atoms. The number of anilines is 1. The number of aryl methyl sites for hydroxylation is 1. The second kappa shape index (κ2) is 5.95. The molecule has 24 heavy (non-hydrogen) atoms. The molecule has 4 rings (SSSR count). The first kappa shape index (κ1) is 15.2. The van der Waals surface area contributed by atoms with Crippen LogP contribution in [0.3, 0.4) is 0 Å². The van der Waals surface area contributed by atoms with Gasteiger partial charge in [0.05, 0.1) is 5.02 Å². The van der Waals surface area contributed by atoms with Crippen molar-refractivity contribution in [1.82, 2.24) is 19.9 Å². The number of carbonyl (C=O) groups is 1. The summed E-state index contributed by atoms with van der Waals surface area (Å²) in [6, 6.07) is 7.18. The average Bonchev–Trinajstić information content (AvgIpc) is 3.25. The number of nitrogens with one attached hydrogen (secondary N) is 1. The van der Waals surface area contributed by atoms with Gasteiger partial charge in [-0.2, -0.15) is 0 Å². The number of hydrogen-bond acceptors (Lipinski definition) is 6. The molecular weight excluding hydrogens is 350 g/mol. The average molecular weight is 362 g/mol. The summed E-state index contributed by atoms with van der Waals surface area (Å²) in [7, 11) is 0. The molecule has 1 aromatic carbocycles. The lowest BCUT2D eigenvalue weighted by Crippen LogP contribution is -2.17. The van der Waals surface area contributed by atoms with E-state index in [9.17, 15) is 4.79 Å². The Morgan fingerprint density at radius 1 is 1.38 bits per heavy atom. The maximum absolute atomic E-state index is 12.8. The molecule has 0 spiro atoms. The SMILES string of the molecule is Cc1onc(-c2ccccc2Cl)c1C(=O)Nc1nnc2n1CCS2. The van der Waals surface area contributed by atoms with Crippen LogP contribution in [-0.4, -0.2) is 31.6 Å². The molecule has 0 saturated carbocycles. The van der Waals surface area contributed by atoms with Crippen LogP contribution >= 0.6 is 23.4 Å². The summed E-state index contributed by atoms with van der Waals surface area (Å²) < 4.78 is 7.10. The van der Waals surface area contributed by atoms with Gasteiger partial charge in [0, 0.05) is 17.9 Å². The minimum Gasteiger partial charge on any atom is -0.360 e. The Bertz CT molecular complexity index is 936. The van der Waals surface area contributed by atoms with Crippen molar-refractivity contribution in [3.05, 3.63) is 40.6 Å². The highest BCUT2D eigenvalue weighted by Gasteiger charge is 2.26. The van der Waals surface area contributed by atoms with Gasteiger partial charge in [-0.3, -0.25) is 14.7 Å². The Morgan fingerprint density at radius 2 is 2.21 bits per heavy atom. The summed E-state index contributed by atoms with van der Waals surface area (Å²) in [6.07, 6.45) is 0. The molecule has 1 aliphatic heterocycles. The number of halogens is 1. The lowest BCUT2D eigenvalue weighted by atomic mass is 10.1. The van der Waals surface area contributed by atoms with Crippen molar-refractivity contribution in [2.75, 3.05) is 11.1 Å². The molecular formula is C15H12ClN5O2S. The number of nitrogens with zero attached hydrogens (tertiary/aromatic N) is 4. The predicted octanol–water partition coefficient (Wildman–Crippen LogP) is 3.25. The fourth-order valence-electron chi connectivity index (χ4n) is 2.56. The highest BCUT2D eigenvalue weighted by Crippen LogP contribution is 2.32.